The Balaban J connectivity index is 1.49. The number of nitrogens with zero attached hydrogens (tertiary/aromatic N) is 4. The predicted molar refractivity (Wildman–Crippen MR) is 118 cm³/mol. The molecule has 2 aromatic heterocycles. The molecule has 2 aromatic carbocycles. The molecule has 0 atom stereocenters. The van der Waals surface area contributed by atoms with Gasteiger partial charge in [0.1, 0.15) is 5.56 Å². The van der Waals surface area contributed by atoms with Crippen molar-refractivity contribution in [3.63, 3.8) is 0 Å². The molecule has 31 heavy (non-hydrogen) atoms. The second-order valence-electron chi connectivity index (χ2n) is 6.96. The maximum Gasteiger partial charge on any atom is 0.342 e. The third-order valence-corrected chi connectivity index (χ3v) is 5.10. The van der Waals surface area contributed by atoms with Gasteiger partial charge in [0.2, 0.25) is 0 Å². The Kier molecular flexibility index (Phi) is 5.75. The quantitative estimate of drug-likeness (QED) is 0.447. The number of carbonyl (C=O) groups excluding carboxylic acids is 2. The molecule has 0 spiro atoms. The first-order valence-corrected chi connectivity index (χ1v) is 10.0. The SMILES string of the molecule is CCN(C(=O)COC(=O)c1cnn(-c2ccccn2)c1C)c1cccc2ccccc12. The van der Waals surface area contributed by atoms with E-state index in [2.05, 4.69) is 10.1 Å². The van der Waals surface area contributed by atoms with Crippen LogP contribution in [-0.2, 0) is 9.53 Å². The number of carbonyl (C=O) groups is 2. The number of pyridine rings is 1. The zero-order valence-corrected chi connectivity index (χ0v) is 17.4. The molecule has 0 fully saturated rings. The van der Waals surface area contributed by atoms with Gasteiger partial charge < -0.3 is 9.64 Å². The number of amides is 1. The monoisotopic (exact) mass is 414 g/mol. The first-order valence-electron chi connectivity index (χ1n) is 10.0. The van der Waals surface area contributed by atoms with Crippen molar-refractivity contribution < 1.29 is 14.3 Å². The molecule has 0 bridgehead atoms. The van der Waals surface area contributed by atoms with Crippen molar-refractivity contribution in [1.82, 2.24) is 14.8 Å². The molecule has 0 N–H and O–H groups in total. The number of esters is 1. The van der Waals surface area contributed by atoms with Crippen LogP contribution in [0.4, 0.5) is 5.69 Å². The molecule has 0 aliphatic carbocycles. The van der Waals surface area contributed by atoms with Crippen LogP contribution in [0.1, 0.15) is 23.0 Å². The number of hydrogen-bond donors (Lipinski definition) is 0. The minimum Gasteiger partial charge on any atom is -0.452 e. The van der Waals surface area contributed by atoms with Gasteiger partial charge in [-0.25, -0.2) is 14.5 Å². The molecule has 0 unspecified atom stereocenters. The van der Waals surface area contributed by atoms with Crippen molar-refractivity contribution in [3.8, 4) is 5.82 Å². The summed E-state index contributed by atoms with van der Waals surface area (Å²) in [5.74, 6) is -0.285. The summed E-state index contributed by atoms with van der Waals surface area (Å²) in [5, 5.41) is 6.24. The summed E-state index contributed by atoms with van der Waals surface area (Å²) in [4.78, 5) is 31.4. The van der Waals surface area contributed by atoms with Gasteiger partial charge in [0.25, 0.3) is 5.91 Å². The average molecular weight is 414 g/mol. The Hall–Kier alpha value is -4.00. The topological polar surface area (TPSA) is 77.3 Å². The smallest absolute Gasteiger partial charge is 0.342 e. The lowest BCUT2D eigenvalue weighted by atomic mass is 10.1. The largest absolute Gasteiger partial charge is 0.452 e. The van der Waals surface area contributed by atoms with Gasteiger partial charge in [-0.05, 0) is 37.4 Å². The summed E-state index contributed by atoms with van der Waals surface area (Å²) in [6, 6.07) is 19.1. The molecule has 0 aliphatic heterocycles. The number of benzene rings is 2. The maximum absolute atomic E-state index is 12.9. The number of fused-ring (bicyclic) bond motifs is 1. The molecule has 0 radical (unpaired) electrons. The Morgan fingerprint density at radius 3 is 2.58 bits per heavy atom. The Labute approximate surface area is 179 Å². The van der Waals surface area contributed by atoms with Crippen LogP contribution < -0.4 is 4.90 Å². The normalized spacial score (nSPS) is 10.8. The number of rotatable bonds is 6. The van der Waals surface area contributed by atoms with Crippen LogP contribution in [0, 0.1) is 6.92 Å². The van der Waals surface area contributed by atoms with Crippen LogP contribution in [0.25, 0.3) is 16.6 Å². The Morgan fingerprint density at radius 2 is 1.81 bits per heavy atom. The third-order valence-electron chi connectivity index (χ3n) is 5.10. The van der Waals surface area contributed by atoms with E-state index < -0.39 is 5.97 Å². The number of aromatic nitrogens is 3. The fraction of sp³-hybridized carbons (Fsp3) is 0.167. The van der Waals surface area contributed by atoms with Crippen LogP contribution in [-0.4, -0.2) is 39.8 Å². The summed E-state index contributed by atoms with van der Waals surface area (Å²) in [6.07, 6.45) is 3.08. The molecule has 2 heterocycles. The number of likely N-dealkylation sites (N-methyl/N-ethyl adjacent to an activating group) is 1. The molecular formula is C24H22N4O3. The van der Waals surface area contributed by atoms with E-state index in [9.17, 15) is 9.59 Å². The standard InChI is InChI=1S/C24H22N4O3/c1-3-27(21-12-8-10-18-9-4-5-11-19(18)21)23(29)16-31-24(30)20-15-26-28(17(20)2)22-13-6-7-14-25-22/h4-15H,3,16H2,1-2H3. The van der Waals surface area contributed by atoms with E-state index in [1.165, 1.54) is 6.20 Å². The van der Waals surface area contributed by atoms with E-state index in [4.69, 9.17) is 4.74 Å². The first-order chi connectivity index (χ1) is 15.1. The minimum absolute atomic E-state index is 0.290. The van der Waals surface area contributed by atoms with Gasteiger partial charge in [0.15, 0.2) is 12.4 Å². The van der Waals surface area contributed by atoms with Gasteiger partial charge in [-0.15, -0.1) is 0 Å². The molecule has 0 saturated carbocycles. The number of ether oxygens (including phenoxy) is 1. The van der Waals surface area contributed by atoms with Crippen molar-refractivity contribution >= 4 is 28.3 Å². The highest BCUT2D eigenvalue weighted by Crippen LogP contribution is 2.26. The van der Waals surface area contributed by atoms with Gasteiger partial charge >= 0.3 is 5.97 Å². The summed E-state index contributed by atoms with van der Waals surface area (Å²) in [5.41, 5.74) is 1.69. The number of anilines is 1. The fourth-order valence-corrected chi connectivity index (χ4v) is 3.53. The lowest BCUT2D eigenvalue weighted by Crippen LogP contribution is -2.34. The van der Waals surface area contributed by atoms with E-state index in [1.807, 2.05) is 55.5 Å². The maximum atomic E-state index is 12.9. The highest BCUT2D eigenvalue weighted by atomic mass is 16.5. The zero-order chi connectivity index (χ0) is 21.8. The molecule has 156 valence electrons. The lowest BCUT2D eigenvalue weighted by molar-refractivity contribution is -0.121. The van der Waals surface area contributed by atoms with Crippen molar-refractivity contribution in [1.29, 1.82) is 0 Å². The summed E-state index contributed by atoms with van der Waals surface area (Å²) < 4.78 is 6.89. The van der Waals surface area contributed by atoms with Crippen molar-refractivity contribution in [2.24, 2.45) is 0 Å². The molecule has 0 saturated heterocycles. The summed E-state index contributed by atoms with van der Waals surface area (Å²) in [7, 11) is 0. The van der Waals surface area contributed by atoms with Gasteiger partial charge in [-0.3, -0.25) is 4.79 Å². The highest BCUT2D eigenvalue weighted by molar-refractivity contribution is 6.04. The molecule has 4 rings (SSSR count). The predicted octanol–water partition coefficient (Wildman–Crippen LogP) is 3.94. The van der Waals surface area contributed by atoms with Crippen LogP contribution in [0.3, 0.4) is 0 Å². The zero-order valence-electron chi connectivity index (χ0n) is 17.4. The Morgan fingerprint density at radius 1 is 1.03 bits per heavy atom. The molecule has 0 aliphatic rings. The average Bonchev–Trinajstić information content (AvgIpc) is 3.20. The highest BCUT2D eigenvalue weighted by Gasteiger charge is 2.21. The molecular weight excluding hydrogens is 392 g/mol. The van der Waals surface area contributed by atoms with E-state index in [0.29, 0.717) is 23.6 Å². The van der Waals surface area contributed by atoms with Crippen molar-refractivity contribution in [3.05, 3.63) is 84.3 Å². The number of hydrogen-bond acceptors (Lipinski definition) is 5. The van der Waals surface area contributed by atoms with Gasteiger partial charge in [-0.1, -0.05) is 42.5 Å². The lowest BCUT2D eigenvalue weighted by Gasteiger charge is -2.22. The third kappa shape index (κ3) is 4.02. The van der Waals surface area contributed by atoms with Crippen LogP contribution in [0.15, 0.2) is 73.1 Å². The van der Waals surface area contributed by atoms with Gasteiger partial charge in [0, 0.05) is 18.1 Å². The van der Waals surface area contributed by atoms with Crippen LogP contribution in [0.5, 0.6) is 0 Å². The van der Waals surface area contributed by atoms with E-state index in [0.717, 1.165) is 16.5 Å². The first kappa shape index (κ1) is 20.3. The van der Waals surface area contributed by atoms with E-state index >= 15 is 0 Å². The molecule has 4 aromatic rings. The Bertz CT molecular complexity index is 1230. The van der Waals surface area contributed by atoms with E-state index in [1.54, 1.807) is 34.8 Å². The van der Waals surface area contributed by atoms with Crippen LogP contribution in [0.2, 0.25) is 0 Å². The second-order valence-corrected chi connectivity index (χ2v) is 6.96. The second kappa shape index (κ2) is 8.79. The van der Waals surface area contributed by atoms with Gasteiger partial charge in [-0.2, -0.15) is 5.10 Å². The fourth-order valence-electron chi connectivity index (χ4n) is 3.53. The molecule has 1 amide bonds. The van der Waals surface area contributed by atoms with Crippen molar-refractivity contribution in [2.75, 3.05) is 18.1 Å². The summed E-state index contributed by atoms with van der Waals surface area (Å²) >= 11 is 0. The van der Waals surface area contributed by atoms with Crippen LogP contribution >= 0.6 is 0 Å². The minimum atomic E-state index is -0.595. The molecule has 7 nitrogen and oxygen atoms in total. The van der Waals surface area contributed by atoms with E-state index in [-0.39, 0.29) is 12.5 Å². The van der Waals surface area contributed by atoms with Crippen molar-refractivity contribution in [2.45, 2.75) is 13.8 Å². The summed E-state index contributed by atoms with van der Waals surface area (Å²) in [6.45, 7) is 3.75. The molecule has 7 heteroatoms. The van der Waals surface area contributed by atoms with Gasteiger partial charge in [0.05, 0.1) is 17.6 Å².